The van der Waals surface area contributed by atoms with E-state index in [0.717, 1.165) is 43.0 Å². The van der Waals surface area contributed by atoms with E-state index in [1.165, 1.54) is 24.6 Å². The molecule has 1 unspecified atom stereocenters. The second-order valence-electron chi connectivity index (χ2n) is 12.8. The lowest BCUT2D eigenvalue weighted by molar-refractivity contribution is -0.139. The summed E-state index contributed by atoms with van der Waals surface area (Å²) in [5, 5.41) is 3.75. The van der Waals surface area contributed by atoms with Crippen molar-refractivity contribution in [3.8, 4) is 0 Å². The van der Waals surface area contributed by atoms with Gasteiger partial charge in [0.15, 0.2) is 0 Å². The van der Waals surface area contributed by atoms with Gasteiger partial charge in [-0.1, -0.05) is 30.7 Å². The minimum atomic E-state index is -0.611. The molecule has 2 heterocycles. The predicted molar refractivity (Wildman–Crippen MR) is 160 cm³/mol. The lowest BCUT2D eigenvalue weighted by atomic mass is 9.77. The van der Waals surface area contributed by atoms with E-state index in [1.54, 1.807) is 0 Å². The van der Waals surface area contributed by atoms with Gasteiger partial charge in [0.2, 0.25) is 11.8 Å². The molecule has 0 bridgehead atoms. The van der Waals surface area contributed by atoms with Gasteiger partial charge in [-0.05, 0) is 100 Å². The molecule has 0 aliphatic carbocycles. The highest BCUT2D eigenvalue weighted by Gasteiger charge is 2.41. The third kappa shape index (κ3) is 7.11. The quantitative estimate of drug-likeness (QED) is 0.391. The lowest BCUT2D eigenvalue weighted by Crippen LogP contribution is -2.53. The number of nitrogens with zero attached hydrogens (tertiary/aromatic N) is 2. The van der Waals surface area contributed by atoms with Crippen LogP contribution in [0.2, 0.25) is 5.02 Å². The minimum Gasteiger partial charge on any atom is -0.350 e. The normalized spacial score (nSPS) is 21.5. The Morgan fingerprint density at radius 3 is 2.32 bits per heavy atom. The fourth-order valence-corrected chi connectivity index (χ4v) is 6.81. The van der Waals surface area contributed by atoms with Crippen molar-refractivity contribution >= 4 is 23.4 Å². The second kappa shape index (κ2) is 12.8. The molecular weight excluding hydrogens is 544 g/mol. The van der Waals surface area contributed by atoms with Crippen LogP contribution in [0, 0.1) is 24.5 Å². The molecule has 2 aromatic rings. The first-order valence-electron chi connectivity index (χ1n) is 14.9. The van der Waals surface area contributed by atoms with E-state index < -0.39 is 11.6 Å². The van der Waals surface area contributed by atoms with Gasteiger partial charge in [0, 0.05) is 55.0 Å². The molecule has 0 aromatic heterocycles. The van der Waals surface area contributed by atoms with Gasteiger partial charge in [0.1, 0.15) is 11.6 Å². The maximum absolute atomic E-state index is 15.0. The molecule has 2 amide bonds. The number of hydrogen-bond donors (Lipinski definition) is 1. The maximum atomic E-state index is 15.0. The molecule has 5 nitrogen and oxygen atoms in total. The van der Waals surface area contributed by atoms with Crippen molar-refractivity contribution < 1.29 is 18.4 Å². The number of benzene rings is 2. The number of halogens is 3. The Balaban J connectivity index is 1.54. The number of hydrogen-bond acceptors (Lipinski definition) is 3. The van der Waals surface area contributed by atoms with Crippen LogP contribution in [0.1, 0.15) is 100 Å². The van der Waals surface area contributed by atoms with E-state index >= 15 is 4.39 Å². The summed E-state index contributed by atoms with van der Waals surface area (Å²) in [7, 11) is 0. The Labute approximate surface area is 248 Å². The molecule has 2 aromatic carbocycles. The van der Waals surface area contributed by atoms with E-state index in [1.807, 2.05) is 24.8 Å². The third-order valence-corrected chi connectivity index (χ3v) is 9.42. The molecule has 2 fully saturated rings. The first-order chi connectivity index (χ1) is 19.3. The first-order valence-corrected chi connectivity index (χ1v) is 15.2. The average molecular weight is 588 g/mol. The lowest BCUT2D eigenvalue weighted by Gasteiger charge is -2.46. The summed E-state index contributed by atoms with van der Waals surface area (Å²) < 4.78 is 28.8. The van der Waals surface area contributed by atoms with Crippen molar-refractivity contribution in [2.75, 3.05) is 26.2 Å². The third-order valence-electron chi connectivity index (χ3n) is 9.01. The second-order valence-corrected chi connectivity index (χ2v) is 13.2. The molecule has 2 saturated heterocycles. The number of amides is 2. The number of aryl methyl sites for hydroxylation is 1. The Kier molecular flexibility index (Phi) is 9.80. The summed E-state index contributed by atoms with van der Waals surface area (Å²) in [6, 6.07) is 7.72. The molecule has 3 atom stereocenters. The van der Waals surface area contributed by atoms with E-state index in [2.05, 4.69) is 37.1 Å². The Bertz CT molecular complexity index is 1270. The highest BCUT2D eigenvalue weighted by atomic mass is 35.5. The number of nitrogens with one attached hydrogen (secondary N) is 1. The number of piperidine rings is 2. The molecule has 8 heteroatoms. The molecule has 0 radical (unpaired) electrons. The fourth-order valence-electron chi connectivity index (χ4n) is 6.64. The topological polar surface area (TPSA) is 52.7 Å². The Morgan fingerprint density at radius 1 is 1.05 bits per heavy atom. The van der Waals surface area contributed by atoms with E-state index in [0.29, 0.717) is 36.6 Å². The van der Waals surface area contributed by atoms with Crippen molar-refractivity contribution in [2.24, 2.45) is 5.92 Å². The van der Waals surface area contributed by atoms with Crippen LogP contribution >= 0.6 is 11.6 Å². The van der Waals surface area contributed by atoms with Gasteiger partial charge in [-0.15, -0.1) is 0 Å². The molecule has 1 N–H and O–H groups in total. The largest absolute Gasteiger partial charge is 0.350 e. The molecule has 0 saturated carbocycles. The fraction of sp³-hybridized carbons (Fsp3) is 0.576. The summed E-state index contributed by atoms with van der Waals surface area (Å²) in [6.07, 6.45) is 2.98. The average Bonchev–Trinajstić information content (AvgIpc) is 2.92. The standard InChI is InChI=1S/C33H44ClF2N3O2/c1-7-31(37-21(3)40)27-18-29(34)20(2)16-26(27)22-10-13-38(14-11-22)32(41)25-12-15-39(33(4,5)6)19-28(25)24-9-8-23(35)17-30(24)36/h8-9,16-18,22,25,28,31H,7,10-15,19H2,1-6H3,(H,37,40)/t25?,28-,31-/m0/s1. The summed E-state index contributed by atoms with van der Waals surface area (Å²) in [6.45, 7) is 14.5. The molecule has 0 spiro atoms. The maximum Gasteiger partial charge on any atom is 0.226 e. The van der Waals surface area contributed by atoms with Crippen LogP contribution < -0.4 is 5.32 Å². The van der Waals surface area contributed by atoms with Crippen LogP contribution in [-0.2, 0) is 9.59 Å². The van der Waals surface area contributed by atoms with Gasteiger partial charge in [0.05, 0.1) is 6.04 Å². The van der Waals surface area contributed by atoms with Gasteiger partial charge in [0.25, 0.3) is 0 Å². The summed E-state index contributed by atoms with van der Waals surface area (Å²) >= 11 is 6.52. The highest BCUT2D eigenvalue weighted by Crippen LogP contribution is 2.40. The van der Waals surface area contributed by atoms with Crippen molar-refractivity contribution in [3.63, 3.8) is 0 Å². The molecule has 41 heavy (non-hydrogen) atoms. The Hall–Kier alpha value is -2.51. The van der Waals surface area contributed by atoms with Crippen LogP contribution in [-0.4, -0.2) is 53.3 Å². The number of likely N-dealkylation sites (tertiary alicyclic amines) is 2. The number of carbonyl (C=O) groups excluding carboxylic acids is 2. The molecular formula is C33H44ClF2N3O2. The van der Waals surface area contributed by atoms with Crippen molar-refractivity contribution in [3.05, 3.63) is 69.2 Å². The minimum absolute atomic E-state index is 0.0583. The zero-order valence-electron chi connectivity index (χ0n) is 25.2. The first kappa shape index (κ1) is 31.4. The van der Waals surface area contributed by atoms with Gasteiger partial charge >= 0.3 is 0 Å². The van der Waals surface area contributed by atoms with Crippen LogP contribution in [0.4, 0.5) is 8.78 Å². The van der Waals surface area contributed by atoms with Crippen LogP contribution in [0.5, 0.6) is 0 Å². The molecule has 2 aliphatic heterocycles. The van der Waals surface area contributed by atoms with Crippen LogP contribution in [0.15, 0.2) is 30.3 Å². The van der Waals surface area contributed by atoms with Gasteiger partial charge in [-0.3, -0.25) is 14.5 Å². The molecule has 4 rings (SSSR count). The van der Waals surface area contributed by atoms with Crippen molar-refractivity contribution in [1.82, 2.24) is 15.1 Å². The van der Waals surface area contributed by atoms with Crippen LogP contribution in [0.3, 0.4) is 0 Å². The van der Waals surface area contributed by atoms with E-state index in [4.69, 9.17) is 11.6 Å². The van der Waals surface area contributed by atoms with Gasteiger partial charge in [-0.2, -0.15) is 0 Å². The predicted octanol–water partition coefficient (Wildman–Crippen LogP) is 7.12. The van der Waals surface area contributed by atoms with Crippen LogP contribution in [0.25, 0.3) is 0 Å². The van der Waals surface area contributed by atoms with Crippen molar-refractivity contribution in [1.29, 1.82) is 0 Å². The summed E-state index contributed by atoms with van der Waals surface area (Å²) in [4.78, 5) is 30.1. The van der Waals surface area contributed by atoms with Gasteiger partial charge < -0.3 is 10.2 Å². The van der Waals surface area contributed by atoms with E-state index in [-0.39, 0.29) is 41.1 Å². The Morgan fingerprint density at radius 2 is 1.73 bits per heavy atom. The van der Waals surface area contributed by atoms with E-state index in [9.17, 15) is 14.0 Å². The summed E-state index contributed by atoms with van der Waals surface area (Å²) in [5.41, 5.74) is 3.52. The summed E-state index contributed by atoms with van der Waals surface area (Å²) in [5.74, 6) is -1.68. The highest BCUT2D eigenvalue weighted by molar-refractivity contribution is 6.31. The van der Waals surface area contributed by atoms with Crippen molar-refractivity contribution in [2.45, 2.75) is 90.6 Å². The zero-order chi connectivity index (χ0) is 30.1. The number of carbonyl (C=O) groups is 2. The molecule has 224 valence electrons. The smallest absolute Gasteiger partial charge is 0.226 e. The SMILES string of the molecule is CC[C@H](NC(C)=O)c1cc(Cl)c(C)cc1C1CCN(C(=O)C2CCN(C(C)(C)C)C[C@H]2c2ccc(F)cc2F)CC1. The van der Waals surface area contributed by atoms with Gasteiger partial charge in [-0.25, -0.2) is 8.78 Å². The number of rotatable bonds is 6. The molecule has 2 aliphatic rings. The monoisotopic (exact) mass is 587 g/mol. The zero-order valence-corrected chi connectivity index (χ0v) is 26.0.